The minimum absolute atomic E-state index is 0.0878. The van der Waals surface area contributed by atoms with E-state index in [2.05, 4.69) is 19.9 Å². The first kappa shape index (κ1) is 29.8. The Balaban J connectivity index is 0.000000532. The van der Waals surface area contributed by atoms with Crippen LogP contribution < -0.4 is 10.0 Å². The number of benzene rings is 2. The highest BCUT2D eigenvalue weighted by atomic mass is 32.2. The second kappa shape index (κ2) is 12.4. The van der Waals surface area contributed by atoms with E-state index in [9.17, 15) is 34.8 Å². The van der Waals surface area contributed by atoms with E-state index < -0.39 is 44.5 Å². The summed E-state index contributed by atoms with van der Waals surface area (Å²) in [6.45, 7) is 2.34. The molecule has 0 atom stereocenters. The zero-order valence-corrected chi connectivity index (χ0v) is 20.8. The third-order valence-electron chi connectivity index (χ3n) is 5.52. The van der Waals surface area contributed by atoms with E-state index >= 15 is 0 Å². The number of sulfonamides is 1. The lowest BCUT2D eigenvalue weighted by Gasteiger charge is -2.19. The highest BCUT2D eigenvalue weighted by Crippen LogP contribution is 2.27. The van der Waals surface area contributed by atoms with E-state index in [4.69, 9.17) is 9.90 Å². The number of aliphatic carboxylic acids is 1. The van der Waals surface area contributed by atoms with E-state index in [1.165, 1.54) is 12.1 Å². The fourth-order valence-electron chi connectivity index (χ4n) is 3.65. The van der Waals surface area contributed by atoms with Crippen molar-refractivity contribution in [2.75, 3.05) is 23.1 Å². The first-order valence-corrected chi connectivity index (χ1v) is 12.7. The predicted octanol–water partition coefficient (Wildman–Crippen LogP) is 4.73. The van der Waals surface area contributed by atoms with E-state index in [1.54, 1.807) is 12.1 Å². The summed E-state index contributed by atoms with van der Waals surface area (Å²) in [4.78, 5) is 10.2. The van der Waals surface area contributed by atoms with Gasteiger partial charge in [0.05, 0.1) is 5.69 Å². The van der Waals surface area contributed by atoms with Gasteiger partial charge in [0, 0.05) is 24.7 Å². The number of nitrogens with zero attached hydrogens (tertiary/aromatic N) is 2. The molecular weight excluding hydrogens is 558 g/mol. The molecule has 2 heterocycles. The molecule has 0 aliphatic carbocycles. The molecular formula is C23H22F6N4O5S. The average Bonchev–Trinajstić information content (AvgIpc) is 3.55. The van der Waals surface area contributed by atoms with E-state index in [0.29, 0.717) is 12.1 Å². The molecule has 0 radical (unpaired) electrons. The Hall–Kier alpha value is -3.79. The van der Waals surface area contributed by atoms with Crippen molar-refractivity contribution in [2.45, 2.75) is 37.0 Å². The number of rotatable bonds is 8. The van der Waals surface area contributed by atoms with Crippen LogP contribution in [0.25, 0.3) is 0 Å². The Labute approximate surface area is 218 Å². The number of anilines is 2. The molecule has 0 saturated carbocycles. The largest absolute Gasteiger partial charge is 0.490 e. The van der Waals surface area contributed by atoms with Gasteiger partial charge < -0.3 is 14.9 Å². The number of hydrogen-bond donors (Lipinski definition) is 3. The van der Waals surface area contributed by atoms with Crippen LogP contribution in [0.5, 0.6) is 0 Å². The molecule has 1 saturated heterocycles. The minimum atomic E-state index is -5.08. The molecule has 2 aromatic carbocycles. The molecule has 9 nitrogen and oxygen atoms in total. The second-order valence-corrected chi connectivity index (χ2v) is 9.90. The molecule has 1 aromatic heterocycles. The van der Waals surface area contributed by atoms with Crippen LogP contribution in [0.1, 0.15) is 24.0 Å². The summed E-state index contributed by atoms with van der Waals surface area (Å²) in [7, 11) is -4.43. The number of aromatic nitrogens is 1. The molecule has 0 spiro atoms. The Morgan fingerprint density at radius 1 is 1.05 bits per heavy atom. The molecule has 4 rings (SSSR count). The van der Waals surface area contributed by atoms with Gasteiger partial charge in [-0.05, 0) is 49.7 Å². The third-order valence-corrected chi connectivity index (χ3v) is 6.89. The number of nitrogens with one attached hydrogen (secondary N) is 2. The standard InChI is InChI=1S/C21H21F3N4O3S.C2HF3O2/c22-16-5-3-4-14(13-28-9-1-2-10-28)15(16)12-25-17-6-7-18(21(24)20(17)23)32(29,30)27-19-8-11-31-26-19;3-2(4,5)1(6)7/h3-8,11,25H,1-2,9-10,12-13H2,(H,26,27);(H,6,7). The van der Waals surface area contributed by atoms with Crippen molar-refractivity contribution in [1.29, 1.82) is 0 Å². The summed E-state index contributed by atoms with van der Waals surface area (Å²) >= 11 is 0. The van der Waals surface area contributed by atoms with Crippen LogP contribution in [0.3, 0.4) is 0 Å². The molecule has 1 aliphatic rings. The molecule has 0 bridgehead atoms. The monoisotopic (exact) mass is 580 g/mol. The minimum Gasteiger partial charge on any atom is -0.475 e. The van der Waals surface area contributed by atoms with Crippen LogP contribution >= 0.6 is 0 Å². The van der Waals surface area contributed by atoms with Crippen molar-refractivity contribution in [1.82, 2.24) is 10.1 Å². The van der Waals surface area contributed by atoms with Gasteiger partial charge in [0.2, 0.25) is 0 Å². The number of hydrogen-bond acceptors (Lipinski definition) is 7. The van der Waals surface area contributed by atoms with Gasteiger partial charge >= 0.3 is 12.1 Å². The van der Waals surface area contributed by atoms with Crippen molar-refractivity contribution in [3.63, 3.8) is 0 Å². The van der Waals surface area contributed by atoms with E-state index in [0.717, 1.165) is 49.9 Å². The summed E-state index contributed by atoms with van der Waals surface area (Å²) in [6.07, 6.45) is -1.77. The molecule has 16 heteroatoms. The van der Waals surface area contributed by atoms with Crippen molar-refractivity contribution >= 4 is 27.5 Å². The van der Waals surface area contributed by atoms with Gasteiger partial charge in [-0.3, -0.25) is 9.62 Å². The van der Waals surface area contributed by atoms with Crippen molar-refractivity contribution in [2.24, 2.45) is 0 Å². The lowest BCUT2D eigenvalue weighted by molar-refractivity contribution is -0.192. The number of halogens is 6. The average molecular weight is 581 g/mol. The van der Waals surface area contributed by atoms with Gasteiger partial charge in [-0.2, -0.15) is 13.2 Å². The van der Waals surface area contributed by atoms with E-state index in [1.807, 2.05) is 4.72 Å². The van der Waals surface area contributed by atoms with Gasteiger partial charge in [0.25, 0.3) is 10.0 Å². The third kappa shape index (κ3) is 7.86. The number of alkyl halides is 3. The Bertz CT molecular complexity index is 1390. The molecule has 3 N–H and O–H groups in total. The molecule has 0 amide bonds. The number of likely N-dealkylation sites (tertiary alicyclic amines) is 1. The Kier molecular flexibility index (Phi) is 9.45. The highest BCUT2D eigenvalue weighted by Gasteiger charge is 2.38. The maximum atomic E-state index is 14.6. The second-order valence-electron chi connectivity index (χ2n) is 8.25. The van der Waals surface area contributed by atoms with Crippen molar-refractivity contribution in [3.05, 3.63) is 71.2 Å². The van der Waals surface area contributed by atoms with Crippen LogP contribution in [0.15, 0.2) is 52.1 Å². The normalized spacial score (nSPS) is 14.0. The van der Waals surface area contributed by atoms with Crippen LogP contribution in [-0.2, 0) is 27.9 Å². The summed E-state index contributed by atoms with van der Waals surface area (Å²) in [5, 5.41) is 13.2. The number of carboxylic acids is 1. The smallest absolute Gasteiger partial charge is 0.475 e. The molecule has 3 aromatic rings. The molecule has 0 unspecified atom stereocenters. The molecule has 212 valence electrons. The molecule has 1 fully saturated rings. The fourth-order valence-corrected chi connectivity index (χ4v) is 4.71. The van der Waals surface area contributed by atoms with Gasteiger partial charge in [-0.15, -0.1) is 0 Å². The van der Waals surface area contributed by atoms with Gasteiger partial charge in [0.15, 0.2) is 17.5 Å². The topological polar surface area (TPSA) is 125 Å². The summed E-state index contributed by atoms with van der Waals surface area (Å²) in [5.41, 5.74) is 0.832. The summed E-state index contributed by atoms with van der Waals surface area (Å²) in [6, 6.07) is 7.97. The lowest BCUT2D eigenvalue weighted by Crippen LogP contribution is -2.21. The maximum absolute atomic E-state index is 14.6. The Morgan fingerprint density at radius 2 is 1.72 bits per heavy atom. The zero-order valence-electron chi connectivity index (χ0n) is 19.9. The quantitative estimate of drug-likeness (QED) is 0.327. The summed E-state index contributed by atoms with van der Waals surface area (Å²) < 4.78 is 107. The van der Waals surface area contributed by atoms with Crippen molar-refractivity contribution in [3.8, 4) is 0 Å². The van der Waals surface area contributed by atoms with Crippen LogP contribution in [0.4, 0.5) is 37.8 Å². The predicted molar refractivity (Wildman–Crippen MR) is 126 cm³/mol. The van der Waals surface area contributed by atoms with Crippen LogP contribution in [0.2, 0.25) is 0 Å². The first-order chi connectivity index (χ1) is 18.3. The highest BCUT2D eigenvalue weighted by molar-refractivity contribution is 7.92. The maximum Gasteiger partial charge on any atom is 0.490 e. The van der Waals surface area contributed by atoms with Gasteiger partial charge in [-0.1, -0.05) is 17.3 Å². The Morgan fingerprint density at radius 3 is 2.31 bits per heavy atom. The summed E-state index contributed by atoms with van der Waals surface area (Å²) in [5.74, 6) is -6.32. The zero-order chi connectivity index (χ0) is 28.8. The SMILES string of the molecule is O=C(O)C(F)(F)F.O=S(=O)(Nc1ccon1)c1ccc(NCc2c(F)cccc2CN2CCCC2)c(F)c1F. The van der Waals surface area contributed by atoms with Crippen LogP contribution in [0, 0.1) is 17.5 Å². The first-order valence-electron chi connectivity index (χ1n) is 11.2. The lowest BCUT2D eigenvalue weighted by atomic mass is 10.1. The van der Waals surface area contributed by atoms with Crippen molar-refractivity contribution < 1.29 is 49.2 Å². The van der Waals surface area contributed by atoms with Crippen LogP contribution in [-0.4, -0.2) is 48.8 Å². The molecule has 1 aliphatic heterocycles. The van der Waals surface area contributed by atoms with E-state index in [-0.39, 0.29) is 18.1 Å². The fraction of sp³-hybridized carbons (Fsp3) is 0.304. The molecule has 39 heavy (non-hydrogen) atoms. The number of carbonyl (C=O) groups is 1. The van der Waals surface area contributed by atoms with Gasteiger partial charge in [0.1, 0.15) is 17.0 Å². The number of carboxylic acid groups (broad SMARTS) is 1. The van der Waals surface area contributed by atoms with Gasteiger partial charge in [-0.25, -0.2) is 26.4 Å².